The lowest BCUT2D eigenvalue weighted by atomic mass is 9.91. The van der Waals surface area contributed by atoms with Crippen molar-refractivity contribution in [2.45, 2.75) is 41.7 Å². The maximum absolute atomic E-state index is 12.9. The summed E-state index contributed by atoms with van der Waals surface area (Å²) >= 11 is 0. The van der Waals surface area contributed by atoms with Crippen molar-refractivity contribution in [3.63, 3.8) is 0 Å². The first-order chi connectivity index (χ1) is 10.9. The number of hydrogen-bond donors (Lipinski definition) is 0. The van der Waals surface area contributed by atoms with Gasteiger partial charge in [0.1, 0.15) is 6.54 Å². The van der Waals surface area contributed by atoms with Gasteiger partial charge in [0.2, 0.25) is 0 Å². The third-order valence-corrected chi connectivity index (χ3v) is 2.71. The van der Waals surface area contributed by atoms with E-state index in [0.717, 1.165) is 0 Å². The number of hydrogen-bond acceptors (Lipinski definition) is 1. The van der Waals surface area contributed by atoms with E-state index in [0.29, 0.717) is 0 Å². The number of nitrogens with zero attached hydrogens (tertiary/aromatic N) is 1. The van der Waals surface area contributed by atoms with Crippen molar-refractivity contribution in [3.05, 3.63) is 0 Å². The van der Waals surface area contributed by atoms with Crippen molar-refractivity contribution < 1.29 is 74.8 Å². The first-order valence-electron chi connectivity index (χ1n) is 5.34. The summed E-state index contributed by atoms with van der Waals surface area (Å²) in [6.07, 6.45) is -7.71. The lowest BCUT2D eigenvalue weighted by Gasteiger charge is -2.41. The Kier molecular flexibility index (Phi) is 5.86. The highest BCUT2D eigenvalue weighted by molar-refractivity contribution is 5.13. The normalized spacial score (nSPS) is 16.4. The topological polar surface area (TPSA) is 3.24 Å². The molecule has 18 heteroatoms. The SMILES string of the molecule is FN(F)CC(F)(F)C(F)(F)C(F)(F)C(F)(F)C(F)(F)C(F)(F)C(F)(F)F. The molecule has 0 saturated carbocycles. The molecule has 0 fully saturated rings. The Labute approximate surface area is 130 Å². The first-order valence-corrected chi connectivity index (χ1v) is 5.34. The zero-order valence-electron chi connectivity index (χ0n) is 11.1. The van der Waals surface area contributed by atoms with Crippen LogP contribution >= 0.6 is 0 Å². The molecule has 0 spiro atoms. The van der Waals surface area contributed by atoms with E-state index >= 15 is 0 Å². The fraction of sp³-hybridized carbons (Fsp3) is 1.00. The molecule has 0 aromatic carbocycles. The quantitative estimate of drug-likeness (QED) is 0.381. The van der Waals surface area contributed by atoms with Crippen LogP contribution in [-0.2, 0) is 0 Å². The number of alkyl halides is 15. The Bertz CT molecular complexity index is 501. The first kappa shape index (κ1) is 24.8. The minimum atomic E-state index is -8.47. The number of halogens is 17. The van der Waals surface area contributed by atoms with Gasteiger partial charge in [0, 0.05) is 5.34 Å². The van der Waals surface area contributed by atoms with Gasteiger partial charge in [-0.05, 0) is 0 Å². The van der Waals surface area contributed by atoms with Crippen LogP contribution in [-0.4, -0.2) is 53.6 Å². The second-order valence-electron chi connectivity index (χ2n) is 4.54. The Morgan fingerprint density at radius 1 is 0.423 bits per heavy atom. The summed E-state index contributed by atoms with van der Waals surface area (Å²) in [5.74, 6) is -48.2. The second kappa shape index (κ2) is 6.15. The molecule has 0 aromatic heterocycles. The highest BCUT2D eigenvalue weighted by atomic mass is 19.4. The molecular formula is C8H2F17N. The molecule has 0 aromatic rings. The largest absolute Gasteiger partial charge is 0.460 e. The lowest BCUT2D eigenvalue weighted by Crippen LogP contribution is -2.73. The summed E-state index contributed by atoms with van der Waals surface area (Å²) in [5.41, 5.74) is 0. The van der Waals surface area contributed by atoms with Crippen LogP contribution in [0.1, 0.15) is 0 Å². The minimum Gasteiger partial charge on any atom is -0.198 e. The summed E-state index contributed by atoms with van der Waals surface area (Å²) in [7, 11) is 0. The van der Waals surface area contributed by atoms with Crippen LogP contribution in [0.15, 0.2) is 0 Å². The molecule has 0 aliphatic rings. The molecule has 0 N–H and O–H groups in total. The Balaban J connectivity index is 6.42. The van der Waals surface area contributed by atoms with Gasteiger partial charge in [-0.25, -0.2) is 0 Å². The smallest absolute Gasteiger partial charge is 0.198 e. The third-order valence-electron chi connectivity index (χ3n) is 2.71. The van der Waals surface area contributed by atoms with E-state index in [-0.39, 0.29) is 0 Å². The Hall–Kier alpha value is -1.23. The predicted molar refractivity (Wildman–Crippen MR) is 44.7 cm³/mol. The molecule has 0 heterocycles. The maximum atomic E-state index is 12.9. The van der Waals surface area contributed by atoms with E-state index in [9.17, 15) is 74.8 Å². The van der Waals surface area contributed by atoms with Crippen LogP contribution in [0.4, 0.5) is 74.8 Å². The molecule has 0 rings (SSSR count). The zero-order chi connectivity index (χ0) is 21.8. The van der Waals surface area contributed by atoms with Crippen molar-refractivity contribution in [1.82, 2.24) is 5.34 Å². The molecule has 0 radical (unpaired) electrons. The van der Waals surface area contributed by atoms with E-state index in [1.807, 2.05) is 0 Å². The molecule has 0 amide bonds. The summed E-state index contributed by atoms with van der Waals surface area (Å²) in [6, 6.07) is 0. The zero-order valence-corrected chi connectivity index (χ0v) is 11.1. The molecule has 0 aliphatic carbocycles. The molecule has 0 bridgehead atoms. The Morgan fingerprint density at radius 2 is 0.692 bits per heavy atom. The molecule has 0 saturated heterocycles. The molecule has 0 atom stereocenters. The summed E-state index contributed by atoms with van der Waals surface area (Å²) in [4.78, 5) is 0. The monoisotopic (exact) mass is 435 g/mol. The van der Waals surface area contributed by atoms with Crippen molar-refractivity contribution in [3.8, 4) is 0 Å². The molecule has 158 valence electrons. The Morgan fingerprint density at radius 3 is 0.962 bits per heavy atom. The van der Waals surface area contributed by atoms with Crippen LogP contribution in [0, 0.1) is 0 Å². The van der Waals surface area contributed by atoms with E-state index in [4.69, 9.17) is 0 Å². The second-order valence-corrected chi connectivity index (χ2v) is 4.54. The fourth-order valence-electron chi connectivity index (χ4n) is 1.25. The van der Waals surface area contributed by atoms with Crippen molar-refractivity contribution in [2.75, 3.05) is 6.54 Å². The van der Waals surface area contributed by atoms with E-state index in [1.54, 1.807) is 0 Å². The van der Waals surface area contributed by atoms with Gasteiger partial charge in [-0.15, -0.1) is 8.96 Å². The van der Waals surface area contributed by atoms with Gasteiger partial charge in [-0.1, -0.05) is 0 Å². The van der Waals surface area contributed by atoms with Gasteiger partial charge in [0.15, 0.2) is 0 Å². The van der Waals surface area contributed by atoms with Gasteiger partial charge in [0.25, 0.3) is 0 Å². The van der Waals surface area contributed by atoms with Crippen LogP contribution < -0.4 is 0 Å². The van der Waals surface area contributed by atoms with E-state index < -0.39 is 53.6 Å². The summed E-state index contributed by atoms with van der Waals surface area (Å²) in [6.45, 7) is -3.78. The van der Waals surface area contributed by atoms with Crippen molar-refractivity contribution in [2.24, 2.45) is 0 Å². The van der Waals surface area contributed by atoms with Crippen molar-refractivity contribution in [1.29, 1.82) is 0 Å². The van der Waals surface area contributed by atoms with Gasteiger partial charge >= 0.3 is 41.7 Å². The standard InChI is InChI=1S/C8H2F17N/c9-2(10,1-26(24)25)3(11,12)4(13,14)5(15,16)6(17,18)7(19,20)8(21,22)23/h1H2. The van der Waals surface area contributed by atoms with Gasteiger partial charge < -0.3 is 0 Å². The predicted octanol–water partition coefficient (Wildman–Crippen LogP) is 5.43. The molecule has 0 unspecified atom stereocenters. The summed E-state index contributed by atoms with van der Waals surface area (Å²) in [5, 5.41) is -2.98. The summed E-state index contributed by atoms with van der Waals surface area (Å²) < 4.78 is 211. The average Bonchev–Trinajstić information content (AvgIpc) is 2.34. The fourth-order valence-corrected chi connectivity index (χ4v) is 1.25. The molecule has 0 aliphatic heterocycles. The minimum absolute atomic E-state index is 2.98. The van der Waals surface area contributed by atoms with Crippen LogP contribution in [0.5, 0.6) is 0 Å². The van der Waals surface area contributed by atoms with Crippen molar-refractivity contribution >= 4 is 0 Å². The van der Waals surface area contributed by atoms with Gasteiger partial charge in [-0.3, -0.25) is 0 Å². The number of rotatable bonds is 7. The van der Waals surface area contributed by atoms with E-state index in [1.165, 1.54) is 0 Å². The highest BCUT2D eigenvalue weighted by Crippen LogP contribution is 2.62. The molecule has 26 heavy (non-hydrogen) atoms. The highest BCUT2D eigenvalue weighted by Gasteiger charge is 2.93. The van der Waals surface area contributed by atoms with Crippen LogP contribution in [0.3, 0.4) is 0 Å². The third kappa shape index (κ3) is 3.23. The van der Waals surface area contributed by atoms with Gasteiger partial charge in [0.05, 0.1) is 0 Å². The van der Waals surface area contributed by atoms with E-state index in [2.05, 4.69) is 0 Å². The van der Waals surface area contributed by atoms with Crippen LogP contribution in [0.2, 0.25) is 0 Å². The lowest BCUT2D eigenvalue weighted by molar-refractivity contribution is -0.454. The van der Waals surface area contributed by atoms with Gasteiger partial charge in [-0.2, -0.15) is 65.9 Å². The maximum Gasteiger partial charge on any atom is 0.460 e. The molecular weight excluding hydrogens is 433 g/mol. The van der Waals surface area contributed by atoms with Crippen LogP contribution in [0.25, 0.3) is 0 Å². The molecule has 1 nitrogen and oxygen atoms in total. The average molecular weight is 435 g/mol.